The second kappa shape index (κ2) is 64.1. The Morgan fingerprint density at radius 2 is 0.513 bits per heavy atom. The third-order valence-corrected chi connectivity index (χ3v) is 14.1. The molecular weight excluding hydrogens is 937 g/mol. The number of hydrogen-bond acceptors (Lipinski definition) is 6. The van der Waals surface area contributed by atoms with Gasteiger partial charge in [-0.15, -0.1) is 0 Å². The summed E-state index contributed by atoms with van der Waals surface area (Å²) in [5, 5.41) is 0. The van der Waals surface area contributed by atoms with Crippen LogP contribution in [0.25, 0.3) is 0 Å². The summed E-state index contributed by atoms with van der Waals surface area (Å²) in [4.78, 5) is 38.3. The van der Waals surface area contributed by atoms with E-state index >= 15 is 0 Å². The van der Waals surface area contributed by atoms with Gasteiger partial charge in [0.25, 0.3) is 0 Å². The van der Waals surface area contributed by atoms with E-state index in [-0.39, 0.29) is 31.1 Å². The highest BCUT2D eigenvalue weighted by molar-refractivity contribution is 5.71. The van der Waals surface area contributed by atoms with Crippen LogP contribution >= 0.6 is 0 Å². The van der Waals surface area contributed by atoms with E-state index in [9.17, 15) is 14.4 Å². The number of unbranched alkanes of at least 4 members (excludes halogenated alkanes) is 34. The minimum Gasteiger partial charge on any atom is -0.462 e. The highest BCUT2D eigenvalue weighted by Crippen LogP contribution is 2.16. The summed E-state index contributed by atoms with van der Waals surface area (Å²) in [6.07, 6.45) is 84.4. The number of allylic oxidation sites excluding steroid dienone is 14. The second-order valence-corrected chi connectivity index (χ2v) is 21.6. The Bertz CT molecular complexity index is 1450. The number of esters is 3. The highest BCUT2D eigenvalue weighted by Gasteiger charge is 2.19. The molecule has 1 atom stereocenters. The number of ether oxygens (including phenoxy) is 3. The van der Waals surface area contributed by atoms with E-state index in [0.29, 0.717) is 19.3 Å². The zero-order valence-corrected chi connectivity index (χ0v) is 50.3. The Kier molecular flexibility index (Phi) is 61.2. The first-order valence-electron chi connectivity index (χ1n) is 32.6. The summed E-state index contributed by atoms with van der Waals surface area (Å²) < 4.78 is 16.9. The lowest BCUT2D eigenvalue weighted by Gasteiger charge is -2.18. The zero-order valence-electron chi connectivity index (χ0n) is 50.3. The van der Waals surface area contributed by atoms with Crippen LogP contribution in [0.15, 0.2) is 85.1 Å². The van der Waals surface area contributed by atoms with Gasteiger partial charge in [-0.1, -0.05) is 292 Å². The van der Waals surface area contributed by atoms with E-state index in [1.54, 1.807) is 0 Å². The van der Waals surface area contributed by atoms with E-state index in [0.717, 1.165) is 103 Å². The molecule has 0 bridgehead atoms. The van der Waals surface area contributed by atoms with Crippen molar-refractivity contribution in [2.75, 3.05) is 13.2 Å². The van der Waals surface area contributed by atoms with Gasteiger partial charge in [-0.25, -0.2) is 0 Å². The molecule has 0 saturated carbocycles. The van der Waals surface area contributed by atoms with E-state index in [1.807, 2.05) is 0 Å². The van der Waals surface area contributed by atoms with Crippen LogP contribution in [0.1, 0.15) is 323 Å². The Labute approximate surface area is 471 Å². The molecule has 438 valence electrons. The van der Waals surface area contributed by atoms with Crippen molar-refractivity contribution < 1.29 is 28.6 Å². The standard InChI is InChI=1S/C70H122O6/c1-4-7-10-13-16-19-22-25-27-29-31-33-35-37-39-41-43-45-48-51-54-57-60-63-69(72)75-66-67(65-74-68(71)62-59-56-53-50-47-24-21-18-15-12-9-6-3)76-70(73)64-61-58-55-52-49-46-44-42-40-38-36-34-32-30-28-26-23-20-17-14-11-8-5-2/h7,10,16,19,23,25-27,30-33,37,39,67H,4-6,8-9,11-15,17-18,20-22,24,28-29,34-36,38,40-66H2,1-3H3/b10-7-,19-16-,26-23-,27-25-,32-30-,33-31-,39-37-. The molecule has 0 heterocycles. The largest absolute Gasteiger partial charge is 0.462 e. The molecule has 0 aromatic carbocycles. The van der Waals surface area contributed by atoms with Crippen molar-refractivity contribution in [3.05, 3.63) is 85.1 Å². The third kappa shape index (κ3) is 61.4. The molecule has 0 amide bonds. The molecule has 6 nitrogen and oxygen atoms in total. The molecule has 0 radical (unpaired) electrons. The Balaban J connectivity index is 4.32. The lowest BCUT2D eigenvalue weighted by molar-refractivity contribution is -0.167. The maximum atomic E-state index is 12.9. The van der Waals surface area contributed by atoms with Gasteiger partial charge in [0.15, 0.2) is 6.10 Å². The molecule has 76 heavy (non-hydrogen) atoms. The van der Waals surface area contributed by atoms with Crippen molar-refractivity contribution >= 4 is 17.9 Å². The number of carbonyl (C=O) groups excluding carboxylic acids is 3. The van der Waals surface area contributed by atoms with Crippen LogP contribution in [0, 0.1) is 0 Å². The highest BCUT2D eigenvalue weighted by atomic mass is 16.6. The van der Waals surface area contributed by atoms with Crippen LogP contribution in [0.2, 0.25) is 0 Å². The predicted octanol–water partition coefficient (Wildman–Crippen LogP) is 22.3. The van der Waals surface area contributed by atoms with Crippen molar-refractivity contribution in [1.29, 1.82) is 0 Å². The van der Waals surface area contributed by atoms with Gasteiger partial charge in [-0.05, 0) is 96.3 Å². The van der Waals surface area contributed by atoms with Gasteiger partial charge in [-0.2, -0.15) is 0 Å². The van der Waals surface area contributed by atoms with Crippen LogP contribution in [0.4, 0.5) is 0 Å². The predicted molar refractivity (Wildman–Crippen MR) is 330 cm³/mol. The summed E-state index contributed by atoms with van der Waals surface area (Å²) in [5.41, 5.74) is 0. The van der Waals surface area contributed by atoms with E-state index in [4.69, 9.17) is 14.2 Å². The summed E-state index contributed by atoms with van der Waals surface area (Å²) >= 11 is 0. The Hall–Kier alpha value is -3.41. The maximum Gasteiger partial charge on any atom is 0.306 e. The molecule has 0 N–H and O–H groups in total. The molecule has 0 aromatic heterocycles. The quantitative estimate of drug-likeness (QED) is 0.0261. The second-order valence-electron chi connectivity index (χ2n) is 21.6. The minimum atomic E-state index is -0.782. The van der Waals surface area contributed by atoms with E-state index in [1.165, 1.54) is 180 Å². The maximum absolute atomic E-state index is 12.9. The topological polar surface area (TPSA) is 78.9 Å². The fraction of sp³-hybridized carbons (Fsp3) is 0.757. The Morgan fingerprint density at radius 1 is 0.276 bits per heavy atom. The molecule has 0 aliphatic rings. The first-order valence-corrected chi connectivity index (χ1v) is 32.6. The van der Waals surface area contributed by atoms with Crippen molar-refractivity contribution in [1.82, 2.24) is 0 Å². The van der Waals surface area contributed by atoms with Gasteiger partial charge in [0.2, 0.25) is 0 Å². The van der Waals surface area contributed by atoms with E-state index < -0.39 is 6.10 Å². The summed E-state index contributed by atoms with van der Waals surface area (Å²) in [5.74, 6) is -0.878. The number of rotatable bonds is 59. The first kappa shape index (κ1) is 72.6. The van der Waals surface area contributed by atoms with E-state index in [2.05, 4.69) is 106 Å². The molecule has 0 spiro atoms. The van der Waals surface area contributed by atoms with Crippen LogP contribution in [-0.2, 0) is 28.6 Å². The van der Waals surface area contributed by atoms with Gasteiger partial charge in [-0.3, -0.25) is 14.4 Å². The Morgan fingerprint density at radius 3 is 0.803 bits per heavy atom. The van der Waals surface area contributed by atoms with Gasteiger partial charge in [0, 0.05) is 19.3 Å². The average Bonchev–Trinajstić information content (AvgIpc) is 3.42. The number of carbonyl (C=O) groups is 3. The monoisotopic (exact) mass is 1060 g/mol. The van der Waals surface area contributed by atoms with Crippen molar-refractivity contribution in [3.63, 3.8) is 0 Å². The molecule has 0 aliphatic carbocycles. The third-order valence-electron chi connectivity index (χ3n) is 14.1. The normalized spacial score (nSPS) is 12.6. The van der Waals surface area contributed by atoms with Gasteiger partial charge in [0.05, 0.1) is 0 Å². The summed E-state index contributed by atoms with van der Waals surface area (Å²) in [7, 11) is 0. The molecule has 6 heteroatoms. The molecule has 0 aromatic rings. The molecule has 0 aliphatic heterocycles. The lowest BCUT2D eigenvalue weighted by atomic mass is 10.0. The molecule has 0 rings (SSSR count). The number of hydrogen-bond donors (Lipinski definition) is 0. The van der Waals surface area contributed by atoms with Crippen LogP contribution in [0.3, 0.4) is 0 Å². The molecule has 1 unspecified atom stereocenters. The zero-order chi connectivity index (χ0) is 55.0. The van der Waals surface area contributed by atoms with Crippen molar-refractivity contribution in [3.8, 4) is 0 Å². The summed E-state index contributed by atoms with van der Waals surface area (Å²) in [6.45, 7) is 6.54. The molecular formula is C70H122O6. The fourth-order valence-electron chi connectivity index (χ4n) is 9.27. The average molecular weight is 1060 g/mol. The SMILES string of the molecule is CC/C=C\C/C=C\C/C=C\C/C=C\C/C=C\CCCCCCCCCC(=O)OCC(COC(=O)CCCCCCCCCCCCCC)OC(=O)CCCCCCCCCCCCC/C=C\C/C=C\CCCCCCC. The van der Waals surface area contributed by atoms with Gasteiger partial charge >= 0.3 is 17.9 Å². The lowest BCUT2D eigenvalue weighted by Crippen LogP contribution is -2.30. The first-order chi connectivity index (χ1) is 37.5. The van der Waals surface area contributed by atoms with Gasteiger partial charge in [0.1, 0.15) is 13.2 Å². The minimum absolute atomic E-state index is 0.0779. The van der Waals surface area contributed by atoms with Crippen LogP contribution < -0.4 is 0 Å². The molecule has 0 saturated heterocycles. The fourth-order valence-corrected chi connectivity index (χ4v) is 9.27. The smallest absolute Gasteiger partial charge is 0.306 e. The summed E-state index contributed by atoms with van der Waals surface area (Å²) in [6, 6.07) is 0. The van der Waals surface area contributed by atoms with Crippen molar-refractivity contribution in [2.24, 2.45) is 0 Å². The van der Waals surface area contributed by atoms with Crippen LogP contribution in [-0.4, -0.2) is 37.2 Å². The van der Waals surface area contributed by atoms with Crippen LogP contribution in [0.5, 0.6) is 0 Å². The van der Waals surface area contributed by atoms with Crippen molar-refractivity contribution in [2.45, 2.75) is 329 Å². The molecule has 0 fully saturated rings. The van der Waals surface area contributed by atoms with Gasteiger partial charge < -0.3 is 14.2 Å².